The molecular formula is C14H9F6NO3S. The highest BCUT2D eigenvalue weighted by atomic mass is 32.2. The van der Waals surface area contributed by atoms with Crippen LogP contribution in [0.1, 0.15) is 5.56 Å². The Morgan fingerprint density at radius 1 is 1.00 bits per heavy atom. The monoisotopic (exact) mass is 385 g/mol. The second-order valence-corrected chi connectivity index (χ2v) is 6.43. The van der Waals surface area contributed by atoms with Crippen molar-refractivity contribution in [2.24, 2.45) is 0 Å². The van der Waals surface area contributed by atoms with Crippen LogP contribution in [-0.4, -0.2) is 14.8 Å². The van der Waals surface area contributed by atoms with E-state index in [4.69, 9.17) is 0 Å². The molecule has 0 atom stereocenters. The molecule has 2 aromatic rings. The van der Waals surface area contributed by atoms with Crippen LogP contribution in [0.3, 0.4) is 0 Å². The van der Waals surface area contributed by atoms with E-state index in [1.165, 1.54) is 12.1 Å². The summed E-state index contributed by atoms with van der Waals surface area (Å²) in [6, 6.07) is 5.35. The van der Waals surface area contributed by atoms with E-state index in [9.17, 15) is 34.8 Å². The van der Waals surface area contributed by atoms with Gasteiger partial charge in [0.05, 0.1) is 0 Å². The molecule has 4 nitrogen and oxygen atoms in total. The molecule has 2 rings (SSSR count). The molecule has 0 fully saturated rings. The fraction of sp³-hybridized carbons (Fsp3) is 0.143. The third kappa shape index (κ3) is 4.86. The fourth-order valence-electron chi connectivity index (χ4n) is 1.82. The molecule has 0 aromatic heterocycles. The topological polar surface area (TPSA) is 55.4 Å². The molecule has 11 heteroatoms. The Labute approximate surface area is 138 Å². The summed E-state index contributed by atoms with van der Waals surface area (Å²) in [5, 5.41) is 0. The quantitative estimate of drug-likeness (QED) is 0.633. The van der Waals surface area contributed by atoms with E-state index in [-0.39, 0.29) is 5.56 Å². The van der Waals surface area contributed by atoms with E-state index in [1.54, 1.807) is 0 Å². The van der Waals surface area contributed by atoms with Gasteiger partial charge >= 0.3 is 6.36 Å². The smallest absolute Gasteiger partial charge is 0.406 e. The molecule has 0 amide bonds. The van der Waals surface area contributed by atoms with Crippen molar-refractivity contribution in [3.8, 4) is 5.75 Å². The van der Waals surface area contributed by atoms with Crippen LogP contribution in [0.15, 0.2) is 41.3 Å². The SMILES string of the molecule is O=S(=O)(NCc1cccc(OC(F)(F)F)c1)c1ccc(F)c(F)c1F. The summed E-state index contributed by atoms with van der Waals surface area (Å²) < 4.78 is 105. The third-order valence-corrected chi connectivity index (χ3v) is 4.31. The molecule has 0 bridgehead atoms. The second-order valence-electron chi connectivity index (χ2n) is 4.69. The number of benzene rings is 2. The van der Waals surface area contributed by atoms with E-state index < -0.39 is 51.0 Å². The van der Waals surface area contributed by atoms with Gasteiger partial charge in [0.25, 0.3) is 0 Å². The van der Waals surface area contributed by atoms with E-state index in [0.717, 1.165) is 12.1 Å². The van der Waals surface area contributed by atoms with Crippen molar-refractivity contribution in [1.82, 2.24) is 4.72 Å². The molecule has 0 saturated heterocycles. The summed E-state index contributed by atoms with van der Waals surface area (Å²) in [4.78, 5) is -1.13. The summed E-state index contributed by atoms with van der Waals surface area (Å²) in [6.45, 7) is -0.532. The molecule has 0 aliphatic heterocycles. The Hall–Kier alpha value is -2.27. The van der Waals surface area contributed by atoms with Crippen molar-refractivity contribution in [1.29, 1.82) is 0 Å². The standard InChI is InChI=1S/C14H9F6NO3S/c15-10-4-5-11(13(17)12(10)16)25(22,23)21-7-8-2-1-3-9(6-8)24-14(18,19)20/h1-6,21H,7H2. The first-order valence-corrected chi connectivity index (χ1v) is 7.96. The maximum absolute atomic E-state index is 13.6. The van der Waals surface area contributed by atoms with Gasteiger partial charge in [0, 0.05) is 6.54 Å². The lowest BCUT2D eigenvalue weighted by molar-refractivity contribution is -0.274. The Morgan fingerprint density at radius 2 is 1.68 bits per heavy atom. The van der Waals surface area contributed by atoms with Crippen LogP contribution in [0.25, 0.3) is 0 Å². The van der Waals surface area contributed by atoms with Gasteiger partial charge in [-0.15, -0.1) is 13.2 Å². The third-order valence-electron chi connectivity index (χ3n) is 2.89. The highest BCUT2D eigenvalue weighted by Gasteiger charge is 2.31. The van der Waals surface area contributed by atoms with Gasteiger partial charge in [-0.1, -0.05) is 12.1 Å². The molecule has 0 aliphatic carbocycles. The van der Waals surface area contributed by atoms with Crippen LogP contribution in [0, 0.1) is 17.5 Å². The lowest BCUT2D eigenvalue weighted by Crippen LogP contribution is -2.25. The zero-order valence-electron chi connectivity index (χ0n) is 12.1. The van der Waals surface area contributed by atoms with Crippen molar-refractivity contribution in [3.05, 3.63) is 59.4 Å². The van der Waals surface area contributed by atoms with Crippen LogP contribution < -0.4 is 9.46 Å². The van der Waals surface area contributed by atoms with Gasteiger partial charge in [0.15, 0.2) is 17.5 Å². The average Bonchev–Trinajstić information content (AvgIpc) is 2.49. The number of nitrogens with one attached hydrogen (secondary N) is 1. The summed E-state index contributed by atoms with van der Waals surface area (Å²) >= 11 is 0. The minimum atomic E-state index is -4.92. The number of hydrogen-bond acceptors (Lipinski definition) is 3. The molecule has 0 saturated carbocycles. The van der Waals surface area contributed by atoms with Crippen LogP contribution in [0.5, 0.6) is 5.75 Å². The number of rotatable bonds is 5. The van der Waals surface area contributed by atoms with E-state index in [2.05, 4.69) is 4.74 Å². The normalized spacial score (nSPS) is 12.2. The van der Waals surface area contributed by atoms with Gasteiger partial charge in [-0.25, -0.2) is 26.3 Å². The molecule has 2 aromatic carbocycles. The lowest BCUT2D eigenvalue weighted by Gasteiger charge is -2.11. The maximum atomic E-state index is 13.6. The molecule has 0 heterocycles. The molecule has 0 unspecified atom stereocenters. The highest BCUT2D eigenvalue weighted by Crippen LogP contribution is 2.24. The first-order chi connectivity index (χ1) is 11.5. The number of ether oxygens (including phenoxy) is 1. The molecule has 1 N–H and O–H groups in total. The van der Waals surface area contributed by atoms with Gasteiger partial charge in [-0.2, -0.15) is 0 Å². The summed E-state index contributed by atoms with van der Waals surface area (Å²) in [5.41, 5.74) is 0.0633. The predicted molar refractivity (Wildman–Crippen MR) is 73.5 cm³/mol. The Kier molecular flexibility index (Phi) is 5.28. The number of sulfonamides is 1. The largest absolute Gasteiger partial charge is 0.573 e. The molecule has 0 radical (unpaired) electrons. The van der Waals surface area contributed by atoms with Gasteiger partial charge in [0.1, 0.15) is 10.6 Å². The Balaban J connectivity index is 2.18. The summed E-state index contributed by atoms with van der Waals surface area (Å²) in [6.07, 6.45) is -4.92. The van der Waals surface area contributed by atoms with Gasteiger partial charge in [-0.3, -0.25) is 0 Å². The number of halogens is 6. The highest BCUT2D eigenvalue weighted by molar-refractivity contribution is 7.89. The van der Waals surface area contributed by atoms with Crippen LogP contribution in [0.4, 0.5) is 26.3 Å². The van der Waals surface area contributed by atoms with Crippen molar-refractivity contribution in [2.75, 3.05) is 0 Å². The summed E-state index contributed by atoms with van der Waals surface area (Å²) in [7, 11) is -4.57. The van der Waals surface area contributed by atoms with Gasteiger partial charge in [-0.05, 0) is 29.8 Å². The van der Waals surface area contributed by atoms with Crippen molar-refractivity contribution < 1.29 is 39.5 Å². The van der Waals surface area contributed by atoms with E-state index in [0.29, 0.717) is 12.1 Å². The lowest BCUT2D eigenvalue weighted by atomic mass is 10.2. The van der Waals surface area contributed by atoms with E-state index in [1.807, 2.05) is 4.72 Å². The van der Waals surface area contributed by atoms with Crippen LogP contribution in [-0.2, 0) is 16.6 Å². The zero-order chi connectivity index (χ0) is 18.8. The Bertz CT molecular complexity index is 883. The average molecular weight is 385 g/mol. The predicted octanol–water partition coefficient (Wildman–Crippen LogP) is 3.48. The number of alkyl halides is 3. The first kappa shape index (κ1) is 19.1. The maximum Gasteiger partial charge on any atom is 0.573 e. The van der Waals surface area contributed by atoms with Crippen LogP contribution >= 0.6 is 0 Å². The van der Waals surface area contributed by atoms with E-state index >= 15 is 0 Å². The van der Waals surface area contributed by atoms with Crippen molar-refractivity contribution in [2.45, 2.75) is 17.8 Å². The minimum Gasteiger partial charge on any atom is -0.406 e. The molecule has 25 heavy (non-hydrogen) atoms. The zero-order valence-corrected chi connectivity index (χ0v) is 12.9. The first-order valence-electron chi connectivity index (χ1n) is 6.47. The van der Waals surface area contributed by atoms with Gasteiger partial charge in [0.2, 0.25) is 10.0 Å². The fourth-order valence-corrected chi connectivity index (χ4v) is 2.91. The Morgan fingerprint density at radius 3 is 2.32 bits per heavy atom. The number of hydrogen-bond donors (Lipinski definition) is 1. The van der Waals surface area contributed by atoms with Crippen LogP contribution in [0.2, 0.25) is 0 Å². The van der Waals surface area contributed by atoms with Crippen molar-refractivity contribution in [3.63, 3.8) is 0 Å². The summed E-state index contributed by atoms with van der Waals surface area (Å²) in [5.74, 6) is -6.00. The molecular weight excluding hydrogens is 376 g/mol. The molecule has 136 valence electrons. The molecule has 0 aliphatic rings. The second kappa shape index (κ2) is 6.92. The van der Waals surface area contributed by atoms with Gasteiger partial charge < -0.3 is 4.74 Å². The van der Waals surface area contributed by atoms with Crippen molar-refractivity contribution >= 4 is 10.0 Å². The minimum absolute atomic E-state index is 0.0633. The molecule has 0 spiro atoms.